The summed E-state index contributed by atoms with van der Waals surface area (Å²) >= 11 is 0. The van der Waals surface area contributed by atoms with Crippen molar-refractivity contribution in [1.29, 1.82) is 0 Å². The van der Waals surface area contributed by atoms with Crippen molar-refractivity contribution in [2.24, 2.45) is 5.92 Å². The number of carbonyl (C=O) groups is 1. The highest BCUT2D eigenvalue weighted by atomic mass is 16.5. The molecule has 5 heteroatoms. The summed E-state index contributed by atoms with van der Waals surface area (Å²) in [6.45, 7) is 5.32. The van der Waals surface area contributed by atoms with Crippen LogP contribution in [-0.2, 0) is 0 Å². The first-order chi connectivity index (χ1) is 12.3. The van der Waals surface area contributed by atoms with Crippen LogP contribution in [0.3, 0.4) is 0 Å². The summed E-state index contributed by atoms with van der Waals surface area (Å²) in [4.78, 5) is 18.8. The smallest absolute Gasteiger partial charge is 0.251 e. The monoisotopic (exact) mass is 339 g/mol. The Balaban J connectivity index is 1.44. The molecule has 2 heterocycles. The molecular weight excluding hydrogens is 314 g/mol. The second-order valence-corrected chi connectivity index (χ2v) is 6.31. The first-order valence-electron chi connectivity index (χ1n) is 8.92. The maximum absolute atomic E-state index is 12.3. The SMILES string of the molecule is CCOc1ccc(C(=O)NCC2CCN(c3cccnc3)CC2)cc1. The molecule has 2 aromatic rings. The van der Waals surface area contributed by atoms with Gasteiger partial charge in [-0.3, -0.25) is 9.78 Å². The maximum atomic E-state index is 12.3. The van der Waals surface area contributed by atoms with E-state index in [0.29, 0.717) is 18.1 Å². The van der Waals surface area contributed by atoms with Gasteiger partial charge in [-0.25, -0.2) is 0 Å². The first-order valence-corrected chi connectivity index (χ1v) is 8.92. The van der Waals surface area contributed by atoms with Gasteiger partial charge in [-0.05, 0) is 62.1 Å². The van der Waals surface area contributed by atoms with Crippen LogP contribution in [0.25, 0.3) is 0 Å². The number of pyridine rings is 1. The van der Waals surface area contributed by atoms with Gasteiger partial charge in [-0.15, -0.1) is 0 Å². The normalized spacial score (nSPS) is 15.0. The number of benzene rings is 1. The third-order valence-electron chi connectivity index (χ3n) is 4.60. The van der Waals surface area contributed by atoms with Gasteiger partial charge in [0, 0.05) is 31.4 Å². The van der Waals surface area contributed by atoms with Crippen molar-refractivity contribution in [1.82, 2.24) is 10.3 Å². The van der Waals surface area contributed by atoms with Crippen molar-refractivity contribution in [2.75, 3.05) is 31.1 Å². The lowest BCUT2D eigenvalue weighted by Gasteiger charge is -2.33. The molecule has 1 amide bonds. The van der Waals surface area contributed by atoms with E-state index in [-0.39, 0.29) is 5.91 Å². The molecule has 1 aromatic heterocycles. The van der Waals surface area contributed by atoms with E-state index in [1.165, 1.54) is 5.69 Å². The lowest BCUT2D eigenvalue weighted by Crippen LogP contribution is -2.38. The largest absolute Gasteiger partial charge is 0.494 e. The predicted octanol–water partition coefficient (Wildman–Crippen LogP) is 3.13. The predicted molar refractivity (Wildman–Crippen MR) is 99.1 cm³/mol. The third-order valence-corrected chi connectivity index (χ3v) is 4.60. The van der Waals surface area contributed by atoms with Gasteiger partial charge in [-0.1, -0.05) is 0 Å². The number of aromatic nitrogens is 1. The zero-order chi connectivity index (χ0) is 17.5. The van der Waals surface area contributed by atoms with Crippen LogP contribution in [-0.4, -0.2) is 37.1 Å². The van der Waals surface area contributed by atoms with Crippen molar-refractivity contribution >= 4 is 11.6 Å². The van der Waals surface area contributed by atoms with Crippen LogP contribution in [0.15, 0.2) is 48.8 Å². The van der Waals surface area contributed by atoms with Crippen molar-refractivity contribution in [3.63, 3.8) is 0 Å². The number of anilines is 1. The highest BCUT2D eigenvalue weighted by Gasteiger charge is 2.20. The fourth-order valence-electron chi connectivity index (χ4n) is 3.14. The minimum Gasteiger partial charge on any atom is -0.494 e. The van der Waals surface area contributed by atoms with Gasteiger partial charge in [-0.2, -0.15) is 0 Å². The molecule has 132 valence electrons. The third kappa shape index (κ3) is 4.72. The quantitative estimate of drug-likeness (QED) is 0.878. The standard InChI is InChI=1S/C20H25N3O2/c1-2-25-19-7-5-17(6-8-19)20(24)22-14-16-9-12-23(13-10-16)18-4-3-11-21-15-18/h3-8,11,15-16H,2,9-10,12-14H2,1H3,(H,22,24). The van der Waals surface area contributed by atoms with E-state index in [1.807, 2.05) is 43.5 Å². The molecule has 1 aliphatic rings. The Morgan fingerprint density at radius 3 is 2.64 bits per heavy atom. The van der Waals surface area contributed by atoms with E-state index in [1.54, 1.807) is 6.20 Å². The number of hydrogen-bond acceptors (Lipinski definition) is 4. The molecule has 0 atom stereocenters. The highest BCUT2D eigenvalue weighted by Crippen LogP contribution is 2.22. The molecule has 0 aliphatic carbocycles. The fraction of sp³-hybridized carbons (Fsp3) is 0.400. The molecular formula is C20H25N3O2. The second kappa shape index (κ2) is 8.51. The van der Waals surface area contributed by atoms with Crippen LogP contribution in [0.1, 0.15) is 30.1 Å². The number of amides is 1. The Morgan fingerprint density at radius 1 is 1.24 bits per heavy atom. The topological polar surface area (TPSA) is 54.5 Å². The number of carbonyl (C=O) groups excluding carboxylic acids is 1. The molecule has 1 saturated heterocycles. The minimum atomic E-state index is -0.0160. The number of nitrogens with one attached hydrogen (secondary N) is 1. The molecule has 1 aliphatic heterocycles. The molecule has 1 fully saturated rings. The van der Waals surface area contributed by atoms with Gasteiger partial charge in [0.1, 0.15) is 5.75 Å². The fourth-order valence-corrected chi connectivity index (χ4v) is 3.14. The number of rotatable bonds is 6. The number of ether oxygens (including phenoxy) is 1. The summed E-state index contributed by atoms with van der Waals surface area (Å²) in [5, 5.41) is 3.06. The van der Waals surface area contributed by atoms with Crippen molar-refractivity contribution in [3.05, 3.63) is 54.4 Å². The van der Waals surface area contributed by atoms with Gasteiger partial charge in [0.05, 0.1) is 18.5 Å². The Labute approximate surface area is 149 Å². The maximum Gasteiger partial charge on any atom is 0.251 e. The van der Waals surface area contributed by atoms with Gasteiger partial charge < -0.3 is 15.0 Å². The van der Waals surface area contributed by atoms with Gasteiger partial charge >= 0.3 is 0 Å². The van der Waals surface area contributed by atoms with Crippen molar-refractivity contribution < 1.29 is 9.53 Å². The van der Waals surface area contributed by atoms with Crippen LogP contribution in [0.2, 0.25) is 0 Å². The average Bonchev–Trinajstić information content (AvgIpc) is 2.68. The number of piperidine rings is 1. The van der Waals surface area contributed by atoms with Crippen LogP contribution >= 0.6 is 0 Å². The van der Waals surface area contributed by atoms with E-state index in [9.17, 15) is 4.79 Å². The van der Waals surface area contributed by atoms with Crippen LogP contribution in [0, 0.1) is 5.92 Å². The van der Waals surface area contributed by atoms with E-state index < -0.39 is 0 Å². The Morgan fingerprint density at radius 2 is 2.00 bits per heavy atom. The van der Waals surface area contributed by atoms with E-state index >= 15 is 0 Å². The van der Waals surface area contributed by atoms with Crippen molar-refractivity contribution in [2.45, 2.75) is 19.8 Å². The summed E-state index contributed by atoms with van der Waals surface area (Å²) in [7, 11) is 0. The zero-order valence-corrected chi connectivity index (χ0v) is 14.6. The highest BCUT2D eigenvalue weighted by molar-refractivity contribution is 5.94. The van der Waals surface area contributed by atoms with Gasteiger partial charge in [0.15, 0.2) is 0 Å². The lowest BCUT2D eigenvalue weighted by atomic mass is 9.96. The van der Waals surface area contributed by atoms with E-state index in [4.69, 9.17) is 4.74 Å². The molecule has 1 aromatic carbocycles. The van der Waals surface area contributed by atoms with Gasteiger partial charge in [0.2, 0.25) is 0 Å². The van der Waals surface area contributed by atoms with Gasteiger partial charge in [0.25, 0.3) is 5.91 Å². The number of hydrogen-bond donors (Lipinski definition) is 1. The molecule has 25 heavy (non-hydrogen) atoms. The summed E-state index contributed by atoms with van der Waals surface area (Å²) < 4.78 is 5.40. The molecule has 3 rings (SSSR count). The molecule has 5 nitrogen and oxygen atoms in total. The Bertz CT molecular complexity index is 665. The minimum absolute atomic E-state index is 0.0160. The molecule has 0 spiro atoms. The number of nitrogens with zero attached hydrogens (tertiary/aromatic N) is 2. The summed E-state index contributed by atoms with van der Waals surface area (Å²) in [5.41, 5.74) is 1.86. The molecule has 0 radical (unpaired) electrons. The van der Waals surface area contributed by atoms with Crippen LogP contribution in [0.4, 0.5) is 5.69 Å². The first kappa shape index (κ1) is 17.3. The molecule has 0 bridgehead atoms. The lowest BCUT2D eigenvalue weighted by molar-refractivity contribution is 0.0945. The van der Waals surface area contributed by atoms with E-state index in [2.05, 4.69) is 21.3 Å². The van der Waals surface area contributed by atoms with E-state index in [0.717, 1.165) is 38.2 Å². The Hall–Kier alpha value is -2.56. The Kier molecular flexibility index (Phi) is 5.88. The average molecular weight is 339 g/mol. The molecule has 0 saturated carbocycles. The summed E-state index contributed by atoms with van der Waals surface area (Å²) in [6, 6.07) is 11.4. The second-order valence-electron chi connectivity index (χ2n) is 6.31. The summed E-state index contributed by atoms with van der Waals surface area (Å²) in [6.07, 6.45) is 5.87. The van der Waals surface area contributed by atoms with Crippen molar-refractivity contribution in [3.8, 4) is 5.75 Å². The zero-order valence-electron chi connectivity index (χ0n) is 14.6. The van der Waals surface area contributed by atoms with Crippen LogP contribution < -0.4 is 15.0 Å². The molecule has 1 N–H and O–H groups in total. The molecule has 0 unspecified atom stereocenters. The summed E-state index contributed by atoms with van der Waals surface area (Å²) in [5.74, 6) is 1.30. The van der Waals surface area contributed by atoms with Crippen LogP contribution in [0.5, 0.6) is 5.75 Å².